The number of para-hydroxylation sites is 1. The van der Waals surface area contributed by atoms with E-state index < -0.39 is 0 Å². The van der Waals surface area contributed by atoms with Crippen LogP contribution in [0.25, 0.3) is 0 Å². The number of rotatable bonds is 5. The van der Waals surface area contributed by atoms with Crippen LogP contribution < -0.4 is 10.6 Å². The standard InChI is InChI=1S/C18H25N3O2/c1-21(2)17(22)12-15-10-6-7-11-16(15)20-18(23)19-13-14-8-4-3-5-9-14/h3-4,6-7,10-11,14H,5,8-9,12-13H2,1-2H3,(H2,19,20,23)/t14-/m0/s1. The van der Waals surface area contributed by atoms with Crippen LogP contribution in [0, 0.1) is 5.92 Å². The van der Waals surface area contributed by atoms with E-state index in [1.807, 2.05) is 24.3 Å². The van der Waals surface area contributed by atoms with Crippen molar-refractivity contribution in [1.82, 2.24) is 10.2 Å². The molecule has 0 saturated carbocycles. The van der Waals surface area contributed by atoms with E-state index in [4.69, 9.17) is 0 Å². The van der Waals surface area contributed by atoms with Gasteiger partial charge in [-0.3, -0.25) is 4.79 Å². The number of nitrogens with one attached hydrogen (secondary N) is 2. The molecule has 1 atom stereocenters. The molecular formula is C18H25N3O2. The summed E-state index contributed by atoms with van der Waals surface area (Å²) in [5, 5.41) is 5.78. The molecule has 3 amide bonds. The van der Waals surface area contributed by atoms with Gasteiger partial charge in [-0.15, -0.1) is 0 Å². The number of hydrogen-bond acceptors (Lipinski definition) is 2. The molecule has 1 aromatic rings. The maximum atomic E-state index is 12.1. The Morgan fingerprint density at radius 1 is 1.22 bits per heavy atom. The van der Waals surface area contributed by atoms with Gasteiger partial charge in [0.25, 0.3) is 0 Å². The number of likely N-dealkylation sites (N-methyl/N-ethyl adjacent to an activating group) is 1. The number of carbonyl (C=O) groups excluding carboxylic acids is 2. The molecule has 124 valence electrons. The van der Waals surface area contributed by atoms with Crippen LogP contribution in [0.2, 0.25) is 0 Å². The predicted octanol–water partition coefficient (Wildman–Crippen LogP) is 2.80. The zero-order chi connectivity index (χ0) is 16.7. The molecule has 0 spiro atoms. The van der Waals surface area contributed by atoms with Gasteiger partial charge < -0.3 is 15.5 Å². The van der Waals surface area contributed by atoms with E-state index in [-0.39, 0.29) is 18.4 Å². The lowest BCUT2D eigenvalue weighted by molar-refractivity contribution is -0.127. The summed E-state index contributed by atoms with van der Waals surface area (Å²) in [7, 11) is 3.45. The van der Waals surface area contributed by atoms with E-state index >= 15 is 0 Å². The number of nitrogens with zero attached hydrogens (tertiary/aromatic N) is 1. The molecule has 5 nitrogen and oxygen atoms in total. The van der Waals surface area contributed by atoms with Crippen molar-refractivity contribution in [2.75, 3.05) is 26.0 Å². The number of hydrogen-bond donors (Lipinski definition) is 2. The normalized spacial score (nSPS) is 16.7. The van der Waals surface area contributed by atoms with Gasteiger partial charge in [0.1, 0.15) is 0 Å². The predicted molar refractivity (Wildman–Crippen MR) is 92.3 cm³/mol. The molecule has 0 saturated heterocycles. The minimum Gasteiger partial charge on any atom is -0.349 e. The quantitative estimate of drug-likeness (QED) is 0.821. The van der Waals surface area contributed by atoms with Gasteiger partial charge in [-0.05, 0) is 36.8 Å². The Bertz CT molecular complexity index is 581. The van der Waals surface area contributed by atoms with Crippen molar-refractivity contribution < 1.29 is 9.59 Å². The number of carbonyl (C=O) groups is 2. The topological polar surface area (TPSA) is 61.4 Å². The molecule has 1 aromatic carbocycles. The van der Waals surface area contributed by atoms with Crippen LogP contribution in [0.5, 0.6) is 0 Å². The minimum absolute atomic E-state index is 0.00801. The second-order valence-electron chi connectivity index (χ2n) is 6.11. The van der Waals surface area contributed by atoms with Crippen molar-refractivity contribution in [3.8, 4) is 0 Å². The second-order valence-corrected chi connectivity index (χ2v) is 6.11. The van der Waals surface area contributed by atoms with Gasteiger partial charge in [0.15, 0.2) is 0 Å². The van der Waals surface area contributed by atoms with Gasteiger partial charge in [0.2, 0.25) is 5.91 Å². The lowest BCUT2D eigenvalue weighted by atomic mass is 9.94. The highest BCUT2D eigenvalue weighted by molar-refractivity contribution is 5.91. The fraction of sp³-hybridized carbons (Fsp3) is 0.444. The highest BCUT2D eigenvalue weighted by Gasteiger charge is 2.13. The van der Waals surface area contributed by atoms with Crippen LogP contribution in [0.1, 0.15) is 24.8 Å². The average molecular weight is 315 g/mol. The van der Waals surface area contributed by atoms with E-state index in [1.165, 1.54) is 0 Å². The van der Waals surface area contributed by atoms with E-state index in [2.05, 4.69) is 22.8 Å². The van der Waals surface area contributed by atoms with Crippen LogP contribution in [-0.4, -0.2) is 37.5 Å². The van der Waals surface area contributed by atoms with Crippen LogP contribution in [-0.2, 0) is 11.2 Å². The van der Waals surface area contributed by atoms with Crippen molar-refractivity contribution in [3.63, 3.8) is 0 Å². The van der Waals surface area contributed by atoms with E-state index in [0.29, 0.717) is 18.2 Å². The summed E-state index contributed by atoms with van der Waals surface area (Å²) in [4.78, 5) is 25.5. The monoisotopic (exact) mass is 315 g/mol. The molecule has 0 unspecified atom stereocenters. The molecular weight excluding hydrogens is 290 g/mol. The Kier molecular flexibility index (Phi) is 6.20. The highest BCUT2D eigenvalue weighted by atomic mass is 16.2. The minimum atomic E-state index is -0.218. The summed E-state index contributed by atoms with van der Waals surface area (Å²) in [5.41, 5.74) is 1.51. The fourth-order valence-corrected chi connectivity index (χ4v) is 2.56. The first-order valence-electron chi connectivity index (χ1n) is 8.04. The zero-order valence-electron chi connectivity index (χ0n) is 13.8. The summed E-state index contributed by atoms with van der Waals surface area (Å²) in [5.74, 6) is 0.518. The van der Waals surface area contributed by atoms with E-state index in [9.17, 15) is 9.59 Å². The van der Waals surface area contributed by atoms with Crippen molar-refractivity contribution in [2.24, 2.45) is 5.92 Å². The van der Waals surface area contributed by atoms with Gasteiger partial charge >= 0.3 is 6.03 Å². The molecule has 5 heteroatoms. The summed E-state index contributed by atoms with van der Waals surface area (Å²) in [6.45, 7) is 0.676. The largest absolute Gasteiger partial charge is 0.349 e. The van der Waals surface area contributed by atoms with Crippen molar-refractivity contribution in [3.05, 3.63) is 42.0 Å². The third-order valence-corrected chi connectivity index (χ3v) is 4.04. The Morgan fingerprint density at radius 3 is 2.70 bits per heavy atom. The smallest absolute Gasteiger partial charge is 0.319 e. The van der Waals surface area contributed by atoms with Crippen molar-refractivity contribution in [2.45, 2.75) is 25.7 Å². The summed E-state index contributed by atoms with van der Waals surface area (Å²) in [6.07, 6.45) is 7.86. The molecule has 2 N–H and O–H groups in total. The molecule has 1 aliphatic carbocycles. The van der Waals surface area contributed by atoms with Crippen LogP contribution in [0.15, 0.2) is 36.4 Å². The first-order valence-corrected chi connectivity index (χ1v) is 8.04. The molecule has 23 heavy (non-hydrogen) atoms. The third-order valence-electron chi connectivity index (χ3n) is 4.04. The molecule has 0 heterocycles. The SMILES string of the molecule is CN(C)C(=O)Cc1ccccc1NC(=O)NC[C@H]1CC=CCC1. The second kappa shape index (κ2) is 8.36. The van der Waals surface area contributed by atoms with Gasteiger partial charge in [-0.1, -0.05) is 30.4 Å². The Hall–Kier alpha value is -2.30. The van der Waals surface area contributed by atoms with Gasteiger partial charge in [-0.25, -0.2) is 4.79 Å². The fourth-order valence-electron chi connectivity index (χ4n) is 2.56. The number of allylic oxidation sites excluding steroid dienone is 2. The maximum absolute atomic E-state index is 12.1. The molecule has 0 aromatic heterocycles. The van der Waals surface area contributed by atoms with Crippen LogP contribution in [0.4, 0.5) is 10.5 Å². The van der Waals surface area contributed by atoms with Crippen LogP contribution >= 0.6 is 0 Å². The maximum Gasteiger partial charge on any atom is 0.319 e. The summed E-state index contributed by atoms with van der Waals surface area (Å²) >= 11 is 0. The third kappa shape index (κ3) is 5.43. The number of benzene rings is 1. The Morgan fingerprint density at radius 2 is 2.00 bits per heavy atom. The molecule has 1 aliphatic rings. The Balaban J connectivity index is 1.89. The lowest BCUT2D eigenvalue weighted by Gasteiger charge is -2.19. The first-order chi connectivity index (χ1) is 11.1. The number of amides is 3. The van der Waals surface area contributed by atoms with Crippen molar-refractivity contribution in [1.29, 1.82) is 0 Å². The van der Waals surface area contributed by atoms with Crippen LogP contribution in [0.3, 0.4) is 0 Å². The van der Waals surface area contributed by atoms with E-state index in [1.54, 1.807) is 19.0 Å². The first kappa shape index (κ1) is 17.1. The van der Waals surface area contributed by atoms with E-state index in [0.717, 1.165) is 24.8 Å². The molecule has 0 bridgehead atoms. The summed E-state index contributed by atoms with van der Waals surface area (Å²) < 4.78 is 0. The van der Waals surface area contributed by atoms with Crippen molar-refractivity contribution >= 4 is 17.6 Å². The van der Waals surface area contributed by atoms with Gasteiger partial charge in [0.05, 0.1) is 6.42 Å². The average Bonchev–Trinajstić information content (AvgIpc) is 2.55. The molecule has 0 radical (unpaired) electrons. The van der Waals surface area contributed by atoms with Gasteiger partial charge in [-0.2, -0.15) is 0 Å². The summed E-state index contributed by atoms with van der Waals surface area (Å²) in [6, 6.07) is 7.19. The molecule has 0 aliphatic heterocycles. The number of urea groups is 1. The molecule has 2 rings (SSSR count). The number of anilines is 1. The highest BCUT2D eigenvalue weighted by Crippen LogP contribution is 2.18. The zero-order valence-corrected chi connectivity index (χ0v) is 13.8. The molecule has 0 fully saturated rings. The Labute approximate surface area is 137 Å². The van der Waals surface area contributed by atoms with Gasteiger partial charge in [0, 0.05) is 26.3 Å². The lowest BCUT2D eigenvalue weighted by Crippen LogP contribution is -2.33.